The standard InChI is InChI=1S/C22H16ClF3N2O2S/c23-17-6-9-20-15(12-17)10-11-27-21(20)14-4-7-18(8-5-14)28-31(29,30)19-3-1-2-16(13-19)22(24,25)26/h1-9,12-13,28H,10-11H2. The number of hydrogen-bond donors (Lipinski definition) is 1. The van der Waals surface area contributed by atoms with E-state index in [1.54, 1.807) is 30.3 Å². The number of anilines is 1. The third-order valence-corrected chi connectivity index (χ3v) is 6.47. The summed E-state index contributed by atoms with van der Waals surface area (Å²) < 4.78 is 66.1. The molecule has 31 heavy (non-hydrogen) atoms. The maximum atomic E-state index is 12.9. The minimum Gasteiger partial charge on any atom is -0.284 e. The van der Waals surface area contributed by atoms with Crippen LogP contribution in [-0.4, -0.2) is 20.7 Å². The van der Waals surface area contributed by atoms with Gasteiger partial charge in [0.15, 0.2) is 0 Å². The van der Waals surface area contributed by atoms with Crippen LogP contribution in [0, 0.1) is 0 Å². The van der Waals surface area contributed by atoms with E-state index in [1.807, 2.05) is 12.1 Å². The Balaban J connectivity index is 1.58. The number of nitrogens with zero attached hydrogens (tertiary/aromatic N) is 1. The zero-order valence-electron chi connectivity index (χ0n) is 15.9. The number of sulfonamides is 1. The average Bonchev–Trinajstić information content (AvgIpc) is 2.73. The minimum absolute atomic E-state index is 0.230. The van der Waals surface area contributed by atoms with Crippen molar-refractivity contribution in [2.45, 2.75) is 17.5 Å². The lowest BCUT2D eigenvalue weighted by Gasteiger charge is -2.18. The molecule has 4 nitrogen and oxygen atoms in total. The van der Waals surface area contributed by atoms with Gasteiger partial charge in [-0.2, -0.15) is 13.2 Å². The fraction of sp³-hybridized carbons (Fsp3) is 0.136. The van der Waals surface area contributed by atoms with E-state index in [2.05, 4.69) is 9.71 Å². The Kier molecular flexibility index (Phi) is 5.53. The summed E-state index contributed by atoms with van der Waals surface area (Å²) in [5, 5.41) is 0.652. The third kappa shape index (κ3) is 4.60. The molecule has 1 aliphatic rings. The van der Waals surface area contributed by atoms with Gasteiger partial charge in [0.2, 0.25) is 0 Å². The Morgan fingerprint density at radius 3 is 2.42 bits per heavy atom. The van der Waals surface area contributed by atoms with E-state index < -0.39 is 26.7 Å². The summed E-state index contributed by atoms with van der Waals surface area (Å²) in [6, 6.07) is 15.7. The maximum absolute atomic E-state index is 12.9. The van der Waals surface area contributed by atoms with Crippen molar-refractivity contribution in [3.05, 3.63) is 94.0 Å². The molecule has 4 rings (SSSR count). The van der Waals surface area contributed by atoms with Gasteiger partial charge < -0.3 is 0 Å². The second-order valence-corrected chi connectivity index (χ2v) is 9.11. The zero-order valence-corrected chi connectivity index (χ0v) is 17.5. The van der Waals surface area contributed by atoms with Gasteiger partial charge in [0.25, 0.3) is 10.0 Å². The Bertz CT molecular complexity index is 1270. The van der Waals surface area contributed by atoms with Crippen molar-refractivity contribution in [2.24, 2.45) is 4.99 Å². The molecule has 0 aliphatic carbocycles. The van der Waals surface area contributed by atoms with Gasteiger partial charge in [0.1, 0.15) is 0 Å². The highest BCUT2D eigenvalue weighted by Crippen LogP contribution is 2.31. The molecule has 9 heteroatoms. The molecular formula is C22H16ClF3N2O2S. The summed E-state index contributed by atoms with van der Waals surface area (Å²) in [5.74, 6) is 0. The van der Waals surface area contributed by atoms with Gasteiger partial charge in [-0.25, -0.2) is 8.42 Å². The van der Waals surface area contributed by atoms with Crippen LogP contribution in [0.25, 0.3) is 0 Å². The van der Waals surface area contributed by atoms with Gasteiger partial charge in [0, 0.05) is 28.4 Å². The lowest BCUT2D eigenvalue weighted by Crippen LogP contribution is -2.16. The SMILES string of the molecule is O=S(=O)(Nc1ccc(C2=NCCc3cc(Cl)ccc32)cc1)c1cccc(C(F)(F)F)c1. The van der Waals surface area contributed by atoms with Crippen molar-refractivity contribution < 1.29 is 21.6 Å². The molecule has 3 aromatic rings. The molecule has 0 spiro atoms. The normalized spacial score (nSPS) is 14.0. The maximum Gasteiger partial charge on any atom is 0.416 e. The molecular weight excluding hydrogens is 449 g/mol. The number of nitrogens with one attached hydrogen (secondary N) is 1. The van der Waals surface area contributed by atoms with Crippen LogP contribution >= 0.6 is 11.6 Å². The van der Waals surface area contributed by atoms with Crippen LogP contribution in [-0.2, 0) is 22.6 Å². The van der Waals surface area contributed by atoms with Crippen molar-refractivity contribution in [3.8, 4) is 0 Å². The van der Waals surface area contributed by atoms with Gasteiger partial charge in [-0.05, 0) is 54.4 Å². The number of hydrogen-bond acceptors (Lipinski definition) is 3. The van der Waals surface area contributed by atoms with Gasteiger partial charge >= 0.3 is 6.18 Å². The number of rotatable bonds is 4. The molecule has 3 aromatic carbocycles. The highest BCUT2D eigenvalue weighted by molar-refractivity contribution is 7.92. The van der Waals surface area contributed by atoms with E-state index in [9.17, 15) is 21.6 Å². The van der Waals surface area contributed by atoms with Gasteiger partial charge in [0.05, 0.1) is 16.2 Å². The molecule has 1 aliphatic heterocycles. The predicted molar refractivity (Wildman–Crippen MR) is 114 cm³/mol. The molecule has 1 N–H and O–H groups in total. The first-order valence-corrected chi connectivity index (χ1v) is 11.1. The lowest BCUT2D eigenvalue weighted by molar-refractivity contribution is -0.137. The second kappa shape index (κ2) is 8.01. The Labute approximate surface area is 182 Å². The van der Waals surface area contributed by atoms with Crippen LogP contribution in [0.2, 0.25) is 5.02 Å². The molecule has 0 bridgehead atoms. The topological polar surface area (TPSA) is 58.5 Å². The summed E-state index contributed by atoms with van der Waals surface area (Å²) in [5.41, 5.74) is 2.84. The summed E-state index contributed by atoms with van der Waals surface area (Å²) >= 11 is 6.07. The molecule has 0 aromatic heterocycles. The van der Waals surface area contributed by atoms with E-state index >= 15 is 0 Å². The first-order chi connectivity index (χ1) is 14.6. The van der Waals surface area contributed by atoms with Gasteiger partial charge in [-0.15, -0.1) is 0 Å². The van der Waals surface area contributed by atoms with Gasteiger partial charge in [-0.1, -0.05) is 35.9 Å². The number of halogens is 4. The molecule has 0 atom stereocenters. The van der Waals surface area contributed by atoms with Crippen molar-refractivity contribution in [1.29, 1.82) is 0 Å². The van der Waals surface area contributed by atoms with Crippen LogP contribution in [0.15, 0.2) is 76.6 Å². The Morgan fingerprint density at radius 2 is 1.71 bits per heavy atom. The highest BCUT2D eigenvalue weighted by Gasteiger charge is 2.31. The minimum atomic E-state index is -4.63. The van der Waals surface area contributed by atoms with Crippen molar-refractivity contribution in [2.75, 3.05) is 11.3 Å². The number of alkyl halides is 3. The third-order valence-electron chi connectivity index (χ3n) is 4.86. The average molecular weight is 465 g/mol. The van der Waals surface area contributed by atoms with E-state index in [1.165, 1.54) is 0 Å². The number of fused-ring (bicyclic) bond motifs is 1. The Morgan fingerprint density at radius 1 is 0.968 bits per heavy atom. The molecule has 0 amide bonds. The van der Waals surface area contributed by atoms with Crippen molar-refractivity contribution in [3.63, 3.8) is 0 Å². The highest BCUT2D eigenvalue weighted by atomic mass is 35.5. The first kappa shape index (κ1) is 21.4. The van der Waals surface area contributed by atoms with E-state index in [0.717, 1.165) is 47.0 Å². The smallest absolute Gasteiger partial charge is 0.284 e. The van der Waals surface area contributed by atoms with Crippen LogP contribution in [0.3, 0.4) is 0 Å². The van der Waals surface area contributed by atoms with E-state index in [0.29, 0.717) is 17.6 Å². The predicted octanol–water partition coefficient (Wildman–Crippen LogP) is 5.55. The molecule has 0 saturated carbocycles. The second-order valence-electron chi connectivity index (χ2n) is 6.99. The first-order valence-electron chi connectivity index (χ1n) is 9.27. The van der Waals surface area contributed by atoms with Crippen molar-refractivity contribution >= 4 is 33.0 Å². The van der Waals surface area contributed by atoms with Crippen molar-refractivity contribution in [1.82, 2.24) is 0 Å². The summed E-state index contributed by atoms with van der Waals surface area (Å²) in [6.45, 7) is 0.618. The van der Waals surface area contributed by atoms with Crippen LogP contribution < -0.4 is 4.72 Å². The van der Waals surface area contributed by atoms with E-state index in [-0.39, 0.29) is 5.69 Å². The molecule has 0 radical (unpaired) electrons. The molecule has 1 heterocycles. The quantitative estimate of drug-likeness (QED) is 0.550. The largest absolute Gasteiger partial charge is 0.416 e. The van der Waals surface area contributed by atoms with Crippen LogP contribution in [0.1, 0.15) is 22.3 Å². The number of benzene rings is 3. The van der Waals surface area contributed by atoms with E-state index in [4.69, 9.17) is 11.6 Å². The summed E-state index contributed by atoms with van der Waals surface area (Å²) in [7, 11) is -4.18. The molecule has 0 unspecified atom stereocenters. The summed E-state index contributed by atoms with van der Waals surface area (Å²) in [6.07, 6.45) is -3.84. The fourth-order valence-electron chi connectivity index (χ4n) is 3.37. The molecule has 0 fully saturated rings. The molecule has 160 valence electrons. The Hall–Kier alpha value is -2.84. The lowest BCUT2D eigenvalue weighted by atomic mass is 9.93. The molecule has 0 saturated heterocycles. The summed E-state index contributed by atoms with van der Waals surface area (Å²) in [4.78, 5) is 4.12. The monoisotopic (exact) mass is 464 g/mol. The number of aliphatic imine (C=N–C) groups is 1. The van der Waals surface area contributed by atoms with Crippen LogP contribution in [0.4, 0.5) is 18.9 Å². The fourth-order valence-corrected chi connectivity index (χ4v) is 4.67. The van der Waals surface area contributed by atoms with Gasteiger partial charge in [-0.3, -0.25) is 9.71 Å². The zero-order chi connectivity index (χ0) is 22.2. The van der Waals surface area contributed by atoms with Crippen LogP contribution in [0.5, 0.6) is 0 Å².